The highest BCUT2D eigenvalue weighted by Crippen LogP contribution is 2.26. The lowest BCUT2D eigenvalue weighted by atomic mass is 10.0. The van der Waals surface area contributed by atoms with Crippen LogP contribution in [0.1, 0.15) is 22.3 Å². The number of nitrogens with one attached hydrogen (secondary N) is 3. The second-order valence-electron chi connectivity index (χ2n) is 6.43. The molecule has 1 aliphatic rings. The van der Waals surface area contributed by atoms with Crippen molar-refractivity contribution in [3.8, 4) is 5.75 Å². The third-order valence-electron chi connectivity index (χ3n) is 4.17. The summed E-state index contributed by atoms with van der Waals surface area (Å²) in [5, 5.41) is 7.81. The molecule has 2 aromatic carbocycles. The van der Waals surface area contributed by atoms with Gasteiger partial charge in [0.1, 0.15) is 5.75 Å². The van der Waals surface area contributed by atoms with Crippen LogP contribution in [-0.2, 0) is 20.8 Å². The molecule has 0 aromatic heterocycles. The van der Waals surface area contributed by atoms with Gasteiger partial charge in [0.05, 0.1) is 6.54 Å². The van der Waals surface area contributed by atoms with Crippen molar-refractivity contribution in [2.24, 2.45) is 5.73 Å². The molecule has 29 heavy (non-hydrogen) atoms. The van der Waals surface area contributed by atoms with E-state index in [0.29, 0.717) is 24.3 Å². The van der Waals surface area contributed by atoms with Gasteiger partial charge in [-0.3, -0.25) is 19.2 Å². The zero-order valence-electron chi connectivity index (χ0n) is 15.5. The van der Waals surface area contributed by atoms with Crippen molar-refractivity contribution in [1.82, 2.24) is 5.32 Å². The number of rotatable bonds is 7. The molecule has 9 nitrogen and oxygen atoms in total. The largest absolute Gasteiger partial charge is 0.484 e. The van der Waals surface area contributed by atoms with E-state index >= 15 is 0 Å². The van der Waals surface area contributed by atoms with Gasteiger partial charge in [0.15, 0.2) is 6.61 Å². The van der Waals surface area contributed by atoms with E-state index in [9.17, 15) is 19.2 Å². The Labute approximate surface area is 166 Å². The van der Waals surface area contributed by atoms with Crippen LogP contribution >= 0.6 is 0 Å². The fourth-order valence-electron chi connectivity index (χ4n) is 2.80. The SMILES string of the molecule is NC(=O)CNC(=O)c1cccc(NC(=O)COc2ccc3c(c2)CCC(=O)N3)c1. The van der Waals surface area contributed by atoms with E-state index in [2.05, 4.69) is 16.0 Å². The van der Waals surface area contributed by atoms with Crippen LogP contribution in [0.25, 0.3) is 0 Å². The Morgan fingerprint density at radius 3 is 2.72 bits per heavy atom. The Morgan fingerprint density at radius 1 is 1.10 bits per heavy atom. The first-order valence-corrected chi connectivity index (χ1v) is 8.93. The fourth-order valence-corrected chi connectivity index (χ4v) is 2.80. The summed E-state index contributed by atoms with van der Waals surface area (Å²) >= 11 is 0. The van der Waals surface area contributed by atoms with E-state index in [1.165, 1.54) is 6.07 Å². The summed E-state index contributed by atoms with van der Waals surface area (Å²) in [5.41, 5.74) is 7.40. The van der Waals surface area contributed by atoms with Crippen molar-refractivity contribution in [3.63, 3.8) is 0 Å². The smallest absolute Gasteiger partial charge is 0.262 e. The van der Waals surface area contributed by atoms with Crippen molar-refractivity contribution < 1.29 is 23.9 Å². The summed E-state index contributed by atoms with van der Waals surface area (Å²) in [6.07, 6.45) is 1.04. The van der Waals surface area contributed by atoms with E-state index in [0.717, 1.165) is 11.3 Å². The molecule has 150 valence electrons. The molecule has 0 fully saturated rings. The van der Waals surface area contributed by atoms with Gasteiger partial charge in [-0.25, -0.2) is 0 Å². The monoisotopic (exact) mass is 396 g/mol. The normalized spacial score (nSPS) is 12.3. The molecule has 5 N–H and O–H groups in total. The molecule has 1 aliphatic heterocycles. The van der Waals surface area contributed by atoms with Gasteiger partial charge in [-0.05, 0) is 48.4 Å². The molecule has 1 heterocycles. The Hall–Kier alpha value is -3.88. The molecule has 0 saturated carbocycles. The molecule has 2 aromatic rings. The summed E-state index contributed by atoms with van der Waals surface area (Å²) in [4.78, 5) is 46.3. The summed E-state index contributed by atoms with van der Waals surface area (Å²) < 4.78 is 5.52. The maximum Gasteiger partial charge on any atom is 0.262 e. The van der Waals surface area contributed by atoms with Gasteiger partial charge in [-0.1, -0.05) is 6.07 Å². The molecule has 0 saturated heterocycles. The number of hydrogen-bond acceptors (Lipinski definition) is 5. The standard InChI is InChI=1S/C20H20N4O5/c21-17(25)10-22-20(28)13-2-1-3-14(8-13)23-19(27)11-29-15-5-6-16-12(9-15)4-7-18(26)24-16/h1-3,5-6,8-9H,4,7,10-11H2,(H2,21,25)(H,22,28)(H,23,27)(H,24,26). The average molecular weight is 396 g/mol. The van der Waals surface area contributed by atoms with Gasteiger partial charge >= 0.3 is 0 Å². The predicted octanol–water partition coefficient (Wildman–Crippen LogP) is 0.804. The number of carbonyl (C=O) groups is 4. The molecular formula is C20H20N4O5. The number of benzene rings is 2. The quantitative estimate of drug-likeness (QED) is 0.548. The number of carbonyl (C=O) groups excluding carboxylic acids is 4. The first-order chi connectivity index (χ1) is 13.9. The fraction of sp³-hybridized carbons (Fsp3) is 0.200. The molecule has 0 bridgehead atoms. The maximum atomic E-state index is 12.2. The molecule has 0 aliphatic carbocycles. The lowest BCUT2D eigenvalue weighted by Crippen LogP contribution is -2.33. The first kappa shape index (κ1) is 19.9. The predicted molar refractivity (Wildman–Crippen MR) is 105 cm³/mol. The zero-order chi connectivity index (χ0) is 20.8. The van der Waals surface area contributed by atoms with Crippen molar-refractivity contribution in [1.29, 1.82) is 0 Å². The molecule has 0 atom stereocenters. The molecule has 0 spiro atoms. The van der Waals surface area contributed by atoms with Crippen molar-refractivity contribution in [2.75, 3.05) is 23.8 Å². The highest BCUT2D eigenvalue weighted by molar-refractivity contribution is 5.98. The number of primary amides is 1. The zero-order valence-corrected chi connectivity index (χ0v) is 15.5. The minimum atomic E-state index is -0.649. The van der Waals surface area contributed by atoms with E-state index in [-0.39, 0.29) is 24.6 Å². The molecular weight excluding hydrogens is 376 g/mol. The summed E-state index contributed by atoms with van der Waals surface area (Å²) in [6, 6.07) is 11.5. The minimum absolute atomic E-state index is 0.0175. The van der Waals surface area contributed by atoms with Crippen molar-refractivity contribution >= 4 is 35.0 Å². The Balaban J connectivity index is 1.54. The van der Waals surface area contributed by atoms with Crippen LogP contribution in [0, 0.1) is 0 Å². The lowest BCUT2D eigenvalue weighted by Gasteiger charge is -2.17. The lowest BCUT2D eigenvalue weighted by molar-refractivity contribution is -0.118. The summed E-state index contributed by atoms with van der Waals surface area (Å²) in [5.74, 6) is -1.02. The van der Waals surface area contributed by atoms with Crippen LogP contribution in [0.4, 0.5) is 11.4 Å². The topological polar surface area (TPSA) is 140 Å². The minimum Gasteiger partial charge on any atom is -0.484 e. The number of nitrogens with two attached hydrogens (primary N) is 1. The van der Waals surface area contributed by atoms with Gasteiger partial charge < -0.3 is 26.4 Å². The Bertz CT molecular complexity index is 973. The molecule has 0 radical (unpaired) electrons. The Morgan fingerprint density at radius 2 is 1.93 bits per heavy atom. The second-order valence-corrected chi connectivity index (χ2v) is 6.43. The highest BCUT2D eigenvalue weighted by Gasteiger charge is 2.15. The van der Waals surface area contributed by atoms with Crippen LogP contribution in [0.3, 0.4) is 0 Å². The third kappa shape index (κ3) is 5.55. The molecule has 9 heteroatoms. The number of hydrogen-bond donors (Lipinski definition) is 4. The van der Waals surface area contributed by atoms with Crippen LogP contribution < -0.4 is 26.4 Å². The highest BCUT2D eigenvalue weighted by atomic mass is 16.5. The number of fused-ring (bicyclic) bond motifs is 1. The van der Waals surface area contributed by atoms with E-state index < -0.39 is 17.7 Å². The molecule has 4 amide bonds. The van der Waals surface area contributed by atoms with Gasteiger partial charge in [0.25, 0.3) is 11.8 Å². The van der Waals surface area contributed by atoms with Crippen LogP contribution in [0.15, 0.2) is 42.5 Å². The van der Waals surface area contributed by atoms with Gasteiger partial charge in [-0.2, -0.15) is 0 Å². The van der Waals surface area contributed by atoms with Gasteiger partial charge in [0.2, 0.25) is 11.8 Å². The maximum absolute atomic E-state index is 12.2. The van der Waals surface area contributed by atoms with Gasteiger partial charge in [0, 0.05) is 23.4 Å². The number of amides is 4. The second kappa shape index (κ2) is 8.87. The van der Waals surface area contributed by atoms with E-state index in [1.54, 1.807) is 36.4 Å². The van der Waals surface area contributed by atoms with Crippen LogP contribution in [0.5, 0.6) is 5.75 Å². The van der Waals surface area contributed by atoms with Crippen LogP contribution in [0.2, 0.25) is 0 Å². The van der Waals surface area contributed by atoms with Crippen LogP contribution in [-0.4, -0.2) is 36.8 Å². The Kier molecular flexibility index (Phi) is 6.08. The van der Waals surface area contributed by atoms with Gasteiger partial charge in [-0.15, -0.1) is 0 Å². The van der Waals surface area contributed by atoms with E-state index in [4.69, 9.17) is 10.5 Å². The first-order valence-electron chi connectivity index (χ1n) is 8.93. The van der Waals surface area contributed by atoms with E-state index in [1.807, 2.05) is 0 Å². The number of anilines is 2. The summed E-state index contributed by atoms with van der Waals surface area (Å²) in [6.45, 7) is -0.489. The molecule has 0 unspecified atom stereocenters. The van der Waals surface area contributed by atoms with Crippen molar-refractivity contribution in [2.45, 2.75) is 12.8 Å². The average Bonchev–Trinajstić information content (AvgIpc) is 2.70. The molecule has 3 rings (SSSR count). The number of aryl methyl sites for hydroxylation is 1. The number of ether oxygens (including phenoxy) is 1. The third-order valence-corrected chi connectivity index (χ3v) is 4.17. The van der Waals surface area contributed by atoms with Crippen molar-refractivity contribution in [3.05, 3.63) is 53.6 Å². The summed E-state index contributed by atoms with van der Waals surface area (Å²) in [7, 11) is 0.